The summed E-state index contributed by atoms with van der Waals surface area (Å²) in [6.45, 7) is 0. The van der Waals surface area contributed by atoms with Gasteiger partial charge in [-0.25, -0.2) is 4.79 Å². The summed E-state index contributed by atoms with van der Waals surface area (Å²) in [5, 5.41) is 19.4. The second-order valence-electron chi connectivity index (χ2n) is 3.78. The van der Waals surface area contributed by atoms with E-state index in [9.17, 15) is 9.90 Å². The molecule has 0 aromatic heterocycles. The first-order valence-electron chi connectivity index (χ1n) is 5.11. The molecule has 0 heterocycles. The Balaban J connectivity index is 2.66. The first kappa shape index (κ1) is 14.0. The maximum atomic E-state index is 11.0. The van der Waals surface area contributed by atoms with Crippen LogP contribution in [-0.2, 0) is 0 Å². The van der Waals surface area contributed by atoms with Crippen molar-refractivity contribution in [3.05, 3.63) is 51.0 Å². The van der Waals surface area contributed by atoms with Crippen LogP contribution in [0.4, 0.5) is 0 Å². The van der Waals surface area contributed by atoms with Crippen molar-refractivity contribution in [3.8, 4) is 16.9 Å². The summed E-state index contributed by atoms with van der Waals surface area (Å²) in [4.78, 5) is 11.0. The predicted octanol–water partition coefficient (Wildman–Crippen LogP) is 4.72. The van der Waals surface area contributed by atoms with Gasteiger partial charge in [-0.05, 0) is 29.8 Å². The largest absolute Gasteiger partial charge is 0.507 e. The minimum absolute atomic E-state index is 0.223. The Labute approximate surface area is 124 Å². The van der Waals surface area contributed by atoms with Gasteiger partial charge in [0.05, 0.1) is 10.0 Å². The second-order valence-corrected chi connectivity index (χ2v) is 5.03. The van der Waals surface area contributed by atoms with Crippen LogP contribution in [0.2, 0.25) is 15.1 Å². The second kappa shape index (κ2) is 5.29. The Kier molecular flexibility index (Phi) is 3.90. The van der Waals surface area contributed by atoms with Gasteiger partial charge in [0.25, 0.3) is 0 Å². The minimum atomic E-state index is -1.24. The quantitative estimate of drug-likeness (QED) is 0.842. The van der Waals surface area contributed by atoms with Crippen LogP contribution in [-0.4, -0.2) is 16.2 Å². The molecule has 6 heteroatoms. The van der Waals surface area contributed by atoms with Gasteiger partial charge in [0, 0.05) is 10.6 Å². The highest BCUT2D eigenvalue weighted by Gasteiger charge is 2.15. The lowest BCUT2D eigenvalue weighted by Gasteiger charge is -2.09. The predicted molar refractivity (Wildman–Crippen MR) is 75.5 cm³/mol. The van der Waals surface area contributed by atoms with E-state index in [1.165, 1.54) is 30.3 Å². The molecule has 0 fully saturated rings. The molecule has 98 valence electrons. The Morgan fingerprint density at radius 2 is 1.58 bits per heavy atom. The zero-order chi connectivity index (χ0) is 14.2. The average molecular weight is 318 g/mol. The van der Waals surface area contributed by atoms with E-state index < -0.39 is 5.97 Å². The lowest BCUT2D eigenvalue weighted by Crippen LogP contribution is -1.97. The van der Waals surface area contributed by atoms with Gasteiger partial charge >= 0.3 is 5.97 Å². The maximum absolute atomic E-state index is 11.0. The summed E-state index contributed by atoms with van der Waals surface area (Å²) in [5.74, 6) is -1.56. The number of hydrogen-bond donors (Lipinski definition) is 2. The fourth-order valence-electron chi connectivity index (χ4n) is 1.68. The number of phenols is 1. The molecule has 0 amide bonds. The molecule has 0 saturated heterocycles. The van der Waals surface area contributed by atoms with Crippen molar-refractivity contribution in [2.75, 3.05) is 0 Å². The van der Waals surface area contributed by atoms with Crippen molar-refractivity contribution >= 4 is 40.8 Å². The average Bonchev–Trinajstić information content (AvgIpc) is 2.29. The number of hydrogen-bond acceptors (Lipinski definition) is 2. The number of carboxylic acids is 1. The molecule has 3 nitrogen and oxygen atoms in total. The van der Waals surface area contributed by atoms with Gasteiger partial charge in [-0.2, -0.15) is 0 Å². The number of carboxylic acid groups (broad SMARTS) is 1. The van der Waals surface area contributed by atoms with E-state index in [-0.39, 0.29) is 11.3 Å². The number of carbonyl (C=O) groups is 1. The molecular weight excluding hydrogens is 310 g/mol. The number of halogens is 3. The highest BCUT2D eigenvalue weighted by Crippen LogP contribution is 2.38. The molecule has 0 aliphatic rings. The van der Waals surface area contributed by atoms with Crippen molar-refractivity contribution in [2.24, 2.45) is 0 Å². The van der Waals surface area contributed by atoms with E-state index in [4.69, 9.17) is 39.9 Å². The molecule has 0 bridgehead atoms. The number of rotatable bonds is 2. The van der Waals surface area contributed by atoms with E-state index in [2.05, 4.69) is 0 Å². The van der Waals surface area contributed by atoms with Crippen LogP contribution in [0, 0.1) is 0 Å². The Hall–Kier alpha value is -1.42. The number of aromatic hydroxyl groups is 1. The molecular formula is C13H7Cl3O3. The van der Waals surface area contributed by atoms with E-state index >= 15 is 0 Å². The molecule has 0 unspecified atom stereocenters. The highest BCUT2D eigenvalue weighted by atomic mass is 35.5. The molecule has 0 radical (unpaired) electrons. The zero-order valence-electron chi connectivity index (χ0n) is 9.32. The van der Waals surface area contributed by atoms with Gasteiger partial charge in [0.1, 0.15) is 11.3 Å². The summed E-state index contributed by atoms with van der Waals surface area (Å²) in [7, 11) is 0. The summed E-state index contributed by atoms with van der Waals surface area (Å²) in [6.07, 6.45) is 0. The monoisotopic (exact) mass is 316 g/mol. The molecule has 0 aliphatic carbocycles. The summed E-state index contributed by atoms with van der Waals surface area (Å²) in [5.41, 5.74) is 0.733. The first-order valence-corrected chi connectivity index (χ1v) is 6.24. The molecule has 2 aromatic carbocycles. The van der Waals surface area contributed by atoms with Crippen molar-refractivity contribution < 1.29 is 15.0 Å². The van der Waals surface area contributed by atoms with E-state index in [0.29, 0.717) is 26.2 Å². The Bertz CT molecular complexity index is 645. The van der Waals surface area contributed by atoms with Crippen LogP contribution in [0.15, 0.2) is 30.3 Å². The summed E-state index contributed by atoms with van der Waals surface area (Å²) in [6, 6.07) is 7.14. The number of benzene rings is 2. The molecule has 0 aliphatic heterocycles. The van der Waals surface area contributed by atoms with Gasteiger partial charge in [-0.15, -0.1) is 0 Å². The van der Waals surface area contributed by atoms with Crippen molar-refractivity contribution in [2.45, 2.75) is 0 Å². The third-order valence-electron chi connectivity index (χ3n) is 2.52. The maximum Gasteiger partial charge on any atom is 0.339 e. The first-order chi connectivity index (χ1) is 8.90. The van der Waals surface area contributed by atoms with Crippen LogP contribution < -0.4 is 0 Å². The lowest BCUT2D eigenvalue weighted by atomic mass is 10.0. The summed E-state index contributed by atoms with van der Waals surface area (Å²) < 4.78 is 0. The van der Waals surface area contributed by atoms with E-state index in [0.717, 1.165) is 0 Å². The molecule has 19 heavy (non-hydrogen) atoms. The van der Waals surface area contributed by atoms with Crippen LogP contribution >= 0.6 is 34.8 Å². The van der Waals surface area contributed by atoms with Crippen molar-refractivity contribution in [1.29, 1.82) is 0 Å². The standard InChI is InChI=1S/C13H7Cl3O3/c14-7-4-9(15)12(10(16)5-7)6-1-2-11(17)8(3-6)13(18)19/h1-5,17H,(H,18,19). The third-order valence-corrected chi connectivity index (χ3v) is 3.34. The van der Waals surface area contributed by atoms with Crippen LogP contribution in [0.25, 0.3) is 11.1 Å². The van der Waals surface area contributed by atoms with Gasteiger partial charge in [-0.1, -0.05) is 40.9 Å². The highest BCUT2D eigenvalue weighted by molar-refractivity contribution is 6.41. The fourth-order valence-corrected chi connectivity index (χ4v) is 2.72. The Morgan fingerprint density at radius 1 is 1.00 bits per heavy atom. The fraction of sp³-hybridized carbons (Fsp3) is 0. The van der Waals surface area contributed by atoms with Crippen LogP contribution in [0.3, 0.4) is 0 Å². The normalized spacial score (nSPS) is 10.5. The topological polar surface area (TPSA) is 57.5 Å². The smallest absolute Gasteiger partial charge is 0.339 e. The van der Waals surface area contributed by atoms with Crippen LogP contribution in [0.5, 0.6) is 5.75 Å². The zero-order valence-corrected chi connectivity index (χ0v) is 11.6. The number of aromatic carboxylic acids is 1. The minimum Gasteiger partial charge on any atom is -0.507 e. The van der Waals surface area contributed by atoms with Crippen molar-refractivity contribution in [3.63, 3.8) is 0 Å². The van der Waals surface area contributed by atoms with Crippen LogP contribution in [0.1, 0.15) is 10.4 Å². The van der Waals surface area contributed by atoms with Crippen molar-refractivity contribution in [1.82, 2.24) is 0 Å². The van der Waals surface area contributed by atoms with Gasteiger partial charge in [0.15, 0.2) is 0 Å². The third kappa shape index (κ3) is 2.78. The molecule has 2 aromatic rings. The summed E-state index contributed by atoms with van der Waals surface area (Å²) >= 11 is 17.9. The van der Waals surface area contributed by atoms with Gasteiger partial charge in [-0.3, -0.25) is 0 Å². The van der Waals surface area contributed by atoms with E-state index in [1.807, 2.05) is 0 Å². The molecule has 2 rings (SSSR count). The van der Waals surface area contributed by atoms with E-state index in [1.54, 1.807) is 0 Å². The molecule has 0 atom stereocenters. The molecule has 2 N–H and O–H groups in total. The lowest BCUT2D eigenvalue weighted by molar-refractivity contribution is 0.0694. The molecule has 0 spiro atoms. The molecule has 0 saturated carbocycles. The SMILES string of the molecule is O=C(O)c1cc(-c2c(Cl)cc(Cl)cc2Cl)ccc1O. The van der Waals surface area contributed by atoms with Gasteiger partial charge in [0.2, 0.25) is 0 Å². The van der Waals surface area contributed by atoms with Gasteiger partial charge < -0.3 is 10.2 Å². The Morgan fingerprint density at radius 3 is 2.11 bits per heavy atom.